The van der Waals surface area contributed by atoms with E-state index in [9.17, 15) is 14.4 Å². The van der Waals surface area contributed by atoms with Gasteiger partial charge in [0.25, 0.3) is 5.91 Å². The number of esters is 1. The number of amides is 1. The topological polar surface area (TPSA) is 108 Å². The summed E-state index contributed by atoms with van der Waals surface area (Å²) in [4.78, 5) is 37.5. The van der Waals surface area contributed by atoms with Crippen molar-refractivity contribution in [2.24, 2.45) is 0 Å². The summed E-state index contributed by atoms with van der Waals surface area (Å²) in [5, 5.41) is 3.02. The molecule has 0 unspecified atom stereocenters. The summed E-state index contributed by atoms with van der Waals surface area (Å²) >= 11 is 0. The Kier molecular flexibility index (Phi) is 6.49. The van der Waals surface area contributed by atoms with Crippen LogP contribution >= 0.6 is 0 Å². The van der Waals surface area contributed by atoms with E-state index >= 15 is 0 Å². The van der Waals surface area contributed by atoms with E-state index < -0.39 is 23.9 Å². The molecule has 2 aromatic carbocycles. The van der Waals surface area contributed by atoms with Gasteiger partial charge in [0.15, 0.2) is 12.4 Å². The molecule has 34 heavy (non-hydrogen) atoms. The largest absolute Gasteiger partial charge is 0.476 e. The van der Waals surface area contributed by atoms with Gasteiger partial charge in [-0.3, -0.25) is 9.59 Å². The van der Waals surface area contributed by atoms with Crippen molar-refractivity contribution in [3.8, 4) is 17.3 Å². The van der Waals surface area contributed by atoms with E-state index in [0.29, 0.717) is 28.0 Å². The van der Waals surface area contributed by atoms with Crippen molar-refractivity contribution in [3.05, 3.63) is 81.7 Å². The fourth-order valence-electron chi connectivity index (χ4n) is 3.37. The number of carbonyl (C=O) groups excluding carboxylic acids is 2. The van der Waals surface area contributed by atoms with Gasteiger partial charge in [0, 0.05) is 5.69 Å². The van der Waals surface area contributed by atoms with E-state index in [0.717, 1.165) is 11.1 Å². The minimum absolute atomic E-state index is 0.109. The number of benzene rings is 2. The summed E-state index contributed by atoms with van der Waals surface area (Å²) in [6.07, 6.45) is 1.45. The lowest BCUT2D eigenvalue weighted by molar-refractivity contribution is -0.118. The lowest BCUT2D eigenvalue weighted by Crippen LogP contribution is -2.22. The van der Waals surface area contributed by atoms with E-state index in [1.807, 2.05) is 13.8 Å². The number of hydrogen-bond donors (Lipinski definition) is 1. The van der Waals surface area contributed by atoms with Crippen LogP contribution in [0.2, 0.25) is 0 Å². The van der Waals surface area contributed by atoms with Crippen LogP contribution < -0.4 is 15.5 Å². The van der Waals surface area contributed by atoms with Gasteiger partial charge in [0.2, 0.25) is 16.9 Å². The Morgan fingerprint density at radius 2 is 1.76 bits per heavy atom. The van der Waals surface area contributed by atoms with Gasteiger partial charge in [-0.05, 0) is 80.4 Å². The molecule has 4 rings (SSSR count). The molecular formula is C26H23NO7. The third-order valence-electron chi connectivity index (χ3n) is 5.24. The first kappa shape index (κ1) is 22.8. The smallest absolute Gasteiger partial charge is 0.338 e. The average Bonchev–Trinajstić information content (AvgIpc) is 3.35. The van der Waals surface area contributed by atoms with Crippen LogP contribution in [-0.4, -0.2) is 25.1 Å². The van der Waals surface area contributed by atoms with Crippen LogP contribution in [0.3, 0.4) is 0 Å². The molecule has 174 valence electrons. The molecule has 0 spiro atoms. The maximum Gasteiger partial charge on any atom is 0.338 e. The lowest BCUT2D eigenvalue weighted by Gasteiger charge is -2.12. The molecule has 4 aromatic rings. The summed E-state index contributed by atoms with van der Waals surface area (Å²) in [5.74, 6) is -0.630. The van der Waals surface area contributed by atoms with Crippen molar-refractivity contribution < 1.29 is 27.9 Å². The number of furan rings is 1. The summed E-state index contributed by atoms with van der Waals surface area (Å²) in [7, 11) is 0. The molecule has 1 amide bonds. The Morgan fingerprint density at radius 1 is 1.03 bits per heavy atom. The van der Waals surface area contributed by atoms with E-state index in [2.05, 4.69) is 5.32 Å². The highest BCUT2D eigenvalue weighted by Crippen LogP contribution is 2.32. The highest BCUT2D eigenvalue weighted by Gasteiger charge is 2.21. The van der Waals surface area contributed by atoms with Crippen LogP contribution in [0.5, 0.6) is 5.75 Å². The quantitative estimate of drug-likeness (QED) is 0.391. The van der Waals surface area contributed by atoms with Gasteiger partial charge in [0.05, 0.1) is 23.8 Å². The highest BCUT2D eigenvalue weighted by molar-refractivity contribution is 5.94. The minimum atomic E-state index is -0.492. The molecule has 0 aliphatic carbocycles. The zero-order valence-corrected chi connectivity index (χ0v) is 19.0. The van der Waals surface area contributed by atoms with Gasteiger partial charge in [-0.15, -0.1) is 0 Å². The first-order valence-corrected chi connectivity index (χ1v) is 10.7. The molecule has 2 aromatic heterocycles. The molecule has 0 bridgehead atoms. The molecular weight excluding hydrogens is 438 g/mol. The van der Waals surface area contributed by atoms with Gasteiger partial charge in [-0.2, -0.15) is 0 Å². The number of anilines is 1. The fourth-order valence-corrected chi connectivity index (χ4v) is 3.37. The van der Waals surface area contributed by atoms with Crippen molar-refractivity contribution in [3.63, 3.8) is 0 Å². The van der Waals surface area contributed by atoms with Crippen LogP contribution in [0.25, 0.3) is 22.5 Å². The molecule has 1 N–H and O–H groups in total. The van der Waals surface area contributed by atoms with E-state index in [1.165, 1.54) is 6.26 Å². The Balaban J connectivity index is 1.57. The predicted octanol–water partition coefficient (Wildman–Crippen LogP) is 4.86. The number of nitrogens with one attached hydrogen (secondary N) is 1. The number of aryl methyl sites for hydroxylation is 2. The van der Waals surface area contributed by atoms with Crippen molar-refractivity contribution in [2.45, 2.75) is 20.8 Å². The normalized spacial score (nSPS) is 10.8. The van der Waals surface area contributed by atoms with Crippen LogP contribution in [0, 0.1) is 13.8 Å². The second-order valence-corrected chi connectivity index (χ2v) is 7.63. The molecule has 0 saturated heterocycles. The monoisotopic (exact) mass is 461 g/mol. The Hall–Kier alpha value is -4.33. The van der Waals surface area contributed by atoms with Gasteiger partial charge in [0.1, 0.15) is 5.58 Å². The van der Waals surface area contributed by atoms with Crippen LogP contribution in [0.4, 0.5) is 5.69 Å². The standard InChI is InChI=1S/C26H23NO7/c1-4-31-26(30)17-7-9-18(10-8-17)27-22(28)14-33-25-23(29)19-12-15(2)16(3)13-21(19)34-24(25)20-6-5-11-32-20/h5-13H,4,14H2,1-3H3,(H,27,28). The number of ether oxygens (including phenoxy) is 2. The Morgan fingerprint density at radius 3 is 2.44 bits per heavy atom. The van der Waals surface area contributed by atoms with Gasteiger partial charge < -0.3 is 23.6 Å². The fraction of sp³-hybridized carbons (Fsp3) is 0.192. The van der Waals surface area contributed by atoms with Gasteiger partial charge in [-0.25, -0.2) is 4.79 Å². The maximum atomic E-state index is 13.2. The van der Waals surface area contributed by atoms with Gasteiger partial charge >= 0.3 is 5.97 Å². The molecule has 0 radical (unpaired) electrons. The molecule has 2 heterocycles. The van der Waals surface area contributed by atoms with Crippen molar-refractivity contribution in [2.75, 3.05) is 18.5 Å². The highest BCUT2D eigenvalue weighted by atomic mass is 16.5. The second-order valence-electron chi connectivity index (χ2n) is 7.63. The lowest BCUT2D eigenvalue weighted by atomic mass is 10.1. The molecule has 0 aliphatic heterocycles. The Labute approximate surface area is 195 Å². The van der Waals surface area contributed by atoms with Gasteiger partial charge in [-0.1, -0.05) is 0 Å². The second kappa shape index (κ2) is 9.66. The molecule has 0 fully saturated rings. The summed E-state index contributed by atoms with van der Waals surface area (Å²) in [6.45, 7) is 5.39. The molecule has 0 saturated carbocycles. The zero-order valence-electron chi connectivity index (χ0n) is 19.0. The van der Waals surface area contributed by atoms with Crippen molar-refractivity contribution in [1.82, 2.24) is 0 Å². The molecule has 8 heteroatoms. The third-order valence-corrected chi connectivity index (χ3v) is 5.24. The Bertz CT molecular complexity index is 1400. The summed E-state index contributed by atoms with van der Waals surface area (Å²) in [5.41, 5.74) is 2.74. The number of carbonyl (C=O) groups is 2. The maximum absolute atomic E-state index is 13.2. The van der Waals surface area contributed by atoms with Crippen LogP contribution in [0.1, 0.15) is 28.4 Å². The van der Waals surface area contributed by atoms with Crippen molar-refractivity contribution in [1.29, 1.82) is 0 Å². The zero-order chi connectivity index (χ0) is 24.2. The average molecular weight is 461 g/mol. The number of hydrogen-bond acceptors (Lipinski definition) is 7. The van der Waals surface area contributed by atoms with E-state index in [-0.39, 0.29) is 18.1 Å². The van der Waals surface area contributed by atoms with Crippen molar-refractivity contribution >= 4 is 28.5 Å². The number of rotatable bonds is 7. The van der Waals surface area contributed by atoms with E-state index in [1.54, 1.807) is 55.5 Å². The third kappa shape index (κ3) is 4.71. The molecule has 0 aliphatic rings. The molecule has 8 nitrogen and oxygen atoms in total. The first-order valence-electron chi connectivity index (χ1n) is 10.7. The minimum Gasteiger partial charge on any atom is -0.476 e. The molecule has 0 atom stereocenters. The van der Waals surface area contributed by atoms with Crippen LogP contribution in [0.15, 0.2) is 68.4 Å². The number of fused-ring (bicyclic) bond motifs is 1. The van der Waals surface area contributed by atoms with E-state index in [4.69, 9.17) is 18.3 Å². The predicted molar refractivity (Wildman–Crippen MR) is 126 cm³/mol. The SMILES string of the molecule is CCOC(=O)c1ccc(NC(=O)COc2c(-c3ccco3)oc3cc(C)c(C)cc3c2=O)cc1. The first-order chi connectivity index (χ1) is 16.4. The van der Waals surface area contributed by atoms with Crippen LogP contribution in [-0.2, 0) is 9.53 Å². The summed E-state index contributed by atoms with van der Waals surface area (Å²) in [6, 6.07) is 13.1. The summed E-state index contributed by atoms with van der Waals surface area (Å²) < 4.78 is 22.0.